The number of amides is 1. The summed E-state index contributed by atoms with van der Waals surface area (Å²) in [5.41, 5.74) is -1.59. The highest BCUT2D eigenvalue weighted by Gasteiger charge is 2.51. The van der Waals surface area contributed by atoms with Crippen LogP contribution < -0.4 is 10.1 Å². The fraction of sp³-hybridized carbons (Fsp3) is 0.419. The number of phenolic OH excluding ortho intramolecular Hbond substituents is 3. The Hall–Kier alpha value is -5.29. The van der Waals surface area contributed by atoms with Crippen molar-refractivity contribution in [2.75, 3.05) is 7.11 Å². The van der Waals surface area contributed by atoms with Crippen molar-refractivity contribution < 1.29 is 63.7 Å². The van der Waals surface area contributed by atoms with Gasteiger partial charge in [0.1, 0.15) is 34.8 Å². The molecule has 3 heterocycles. The second-order valence-electron chi connectivity index (χ2n) is 15.3. The van der Waals surface area contributed by atoms with Gasteiger partial charge >= 0.3 is 11.8 Å². The molecule has 1 amide bonds. The van der Waals surface area contributed by atoms with Gasteiger partial charge < -0.3 is 49.8 Å². The zero-order chi connectivity index (χ0) is 43.8. The molecule has 0 saturated heterocycles. The minimum Gasteiger partial charge on any atom is -0.507 e. The van der Waals surface area contributed by atoms with Crippen LogP contribution >= 0.6 is 15.9 Å². The van der Waals surface area contributed by atoms with Crippen molar-refractivity contribution in [2.24, 2.45) is 28.7 Å². The number of ketones is 2. The van der Waals surface area contributed by atoms with Crippen LogP contribution in [-0.2, 0) is 23.8 Å². The first-order chi connectivity index (χ1) is 27.6. The molecule has 0 radical (unpaired) electrons. The van der Waals surface area contributed by atoms with Gasteiger partial charge in [-0.05, 0) is 38.1 Å². The first-order valence-corrected chi connectivity index (χ1v) is 19.7. The Kier molecular flexibility index (Phi) is 13.3. The van der Waals surface area contributed by atoms with Crippen LogP contribution in [0.25, 0.3) is 0 Å². The molecule has 316 valence electrons. The standard InChI is InChI=1S/C43H49BrN2O13/c1-18-11-10-12-19(2)42(55)46-27-17-26(45-34-28(48)15-25(44)16-29(34)49)31-32(38(27)53)37(52)23(6)40-33(31)41(54)43(8,59-40)57-14-13-30(56-9)20(3)39(58-24(7)47)22(5)36(51)21(4)35(18)50/h10-18,20-22,30,35-36,39,48-52H,1-9H3,(H,46,55)/b11-10+,14-13+,19-12-,45-26?/t18-,20+,21+,22+,30-,35-,36+,39+,43-/m0/s1. The summed E-state index contributed by atoms with van der Waals surface area (Å²) in [5.74, 6) is -9.33. The molecule has 16 heteroatoms. The molecule has 59 heavy (non-hydrogen) atoms. The summed E-state index contributed by atoms with van der Waals surface area (Å²) in [6.07, 6.45) is 4.46. The molecule has 0 spiro atoms. The summed E-state index contributed by atoms with van der Waals surface area (Å²) in [6.45, 7) is 12.3. The predicted octanol–water partition coefficient (Wildman–Crippen LogP) is 5.74. The van der Waals surface area contributed by atoms with Crippen LogP contribution in [0.15, 0.2) is 69.5 Å². The zero-order valence-electron chi connectivity index (χ0n) is 34.1. The minimum atomic E-state index is -2.09. The van der Waals surface area contributed by atoms with Gasteiger partial charge in [0, 0.05) is 65.8 Å². The molecule has 5 bridgehead atoms. The quantitative estimate of drug-likeness (QED) is 0.202. The lowest BCUT2D eigenvalue weighted by molar-refractivity contribution is -0.160. The van der Waals surface area contributed by atoms with Crippen molar-refractivity contribution in [1.29, 1.82) is 0 Å². The molecular formula is C43H49BrN2O13. The van der Waals surface area contributed by atoms with Crippen LogP contribution in [0.4, 0.5) is 5.69 Å². The first-order valence-electron chi connectivity index (χ1n) is 18.9. The molecule has 0 saturated carbocycles. The number of nitrogens with one attached hydrogen (secondary N) is 1. The number of phenols is 3. The summed E-state index contributed by atoms with van der Waals surface area (Å²) in [6, 6.07) is 2.53. The van der Waals surface area contributed by atoms with Gasteiger partial charge in [-0.15, -0.1) is 0 Å². The number of rotatable bonds is 3. The summed E-state index contributed by atoms with van der Waals surface area (Å²) in [5, 5.41) is 58.6. The number of Topliss-reactive ketones (excluding diaryl/α,β-unsaturated/α-hetero) is 2. The average Bonchev–Trinajstić information content (AvgIpc) is 3.44. The molecule has 15 nitrogen and oxygen atoms in total. The van der Waals surface area contributed by atoms with Gasteiger partial charge in [0.25, 0.3) is 11.7 Å². The molecule has 0 aromatic heterocycles. The van der Waals surface area contributed by atoms with Crippen molar-refractivity contribution >= 4 is 50.8 Å². The number of methoxy groups -OCH3 is 1. The van der Waals surface area contributed by atoms with Gasteiger partial charge in [0.05, 0.1) is 47.1 Å². The number of aliphatic hydroxyl groups excluding tert-OH is 2. The van der Waals surface area contributed by atoms with E-state index in [2.05, 4.69) is 26.2 Å². The van der Waals surface area contributed by atoms with E-state index in [1.807, 2.05) is 0 Å². The van der Waals surface area contributed by atoms with Gasteiger partial charge in [-0.2, -0.15) is 0 Å². The maximum absolute atomic E-state index is 14.5. The molecule has 1 aliphatic carbocycles. The summed E-state index contributed by atoms with van der Waals surface area (Å²) in [7, 11) is 1.42. The number of hydrogen-bond donors (Lipinski definition) is 6. The van der Waals surface area contributed by atoms with Gasteiger partial charge in [-0.3, -0.25) is 19.2 Å². The summed E-state index contributed by atoms with van der Waals surface area (Å²) in [4.78, 5) is 59.1. The molecule has 0 unspecified atom stereocenters. The first kappa shape index (κ1) is 44.8. The number of esters is 1. The van der Waals surface area contributed by atoms with Crippen molar-refractivity contribution in [1.82, 2.24) is 5.32 Å². The average molecular weight is 882 g/mol. The van der Waals surface area contributed by atoms with Crippen molar-refractivity contribution in [2.45, 2.75) is 85.6 Å². The number of benzene rings is 2. The molecule has 4 aliphatic rings. The molecule has 6 rings (SSSR count). The van der Waals surface area contributed by atoms with Crippen molar-refractivity contribution in [3.05, 3.63) is 86.8 Å². The summed E-state index contributed by atoms with van der Waals surface area (Å²) < 4.78 is 23.9. The Morgan fingerprint density at radius 2 is 1.58 bits per heavy atom. The van der Waals surface area contributed by atoms with Crippen LogP contribution in [0, 0.1) is 30.6 Å². The van der Waals surface area contributed by atoms with Crippen LogP contribution in [0.1, 0.15) is 80.3 Å². The number of aliphatic imine (C=N–C) groups is 1. The van der Waals surface area contributed by atoms with E-state index in [9.17, 15) is 44.7 Å². The Morgan fingerprint density at radius 1 is 0.932 bits per heavy atom. The van der Waals surface area contributed by atoms with Gasteiger partial charge in [-0.25, -0.2) is 4.99 Å². The second-order valence-corrected chi connectivity index (χ2v) is 16.2. The third-order valence-electron chi connectivity index (χ3n) is 11.1. The molecular weight excluding hydrogens is 832 g/mol. The lowest BCUT2D eigenvalue weighted by Crippen LogP contribution is -2.46. The normalized spacial score (nSPS) is 31.7. The topological polar surface area (TPSA) is 231 Å². The maximum Gasteiger partial charge on any atom is 0.312 e. The van der Waals surface area contributed by atoms with Crippen LogP contribution in [0.5, 0.6) is 23.0 Å². The Bertz CT molecular complexity index is 2200. The zero-order valence-corrected chi connectivity index (χ0v) is 35.7. The van der Waals surface area contributed by atoms with Crippen LogP contribution in [0.2, 0.25) is 0 Å². The Balaban J connectivity index is 1.72. The third kappa shape index (κ3) is 8.72. The fourth-order valence-corrected chi connectivity index (χ4v) is 7.96. The molecule has 3 aliphatic heterocycles. The molecule has 0 fully saturated rings. The van der Waals surface area contributed by atoms with E-state index in [0.717, 1.165) is 6.08 Å². The smallest absolute Gasteiger partial charge is 0.312 e. The number of halogens is 1. The molecule has 2 aromatic carbocycles. The lowest BCUT2D eigenvalue weighted by atomic mass is 9.78. The van der Waals surface area contributed by atoms with E-state index in [1.54, 1.807) is 39.8 Å². The molecule has 9 atom stereocenters. The Labute approximate surface area is 349 Å². The molecule has 6 N–H and O–H groups in total. The van der Waals surface area contributed by atoms with Crippen molar-refractivity contribution in [3.8, 4) is 23.0 Å². The highest BCUT2D eigenvalue weighted by molar-refractivity contribution is 9.10. The Morgan fingerprint density at radius 3 is 2.19 bits per heavy atom. The highest BCUT2D eigenvalue weighted by Crippen LogP contribution is 2.49. The SMILES string of the molecule is CO[C@H]1/C=C/O[C@@]2(C)Oc3c(C)c(O)c4c(c3C2=O)C(=Nc2c(O)cc(Br)cc2O)C=C(NC(=O)/C(C)=C\C=C\[C@H](C)[C@H](O)[C@@H](C)[C@@H](O)[C@@H](C)[C@H](OC(C)=O)[C@@H]1C)C4=O. The number of allylic oxidation sites excluding steroid dienone is 4. The van der Waals surface area contributed by atoms with E-state index >= 15 is 0 Å². The van der Waals surface area contributed by atoms with E-state index < -0.39 is 100 Å². The number of carbonyl (C=O) groups excluding carboxylic acids is 4. The van der Waals surface area contributed by atoms with E-state index in [1.165, 1.54) is 65.4 Å². The second kappa shape index (κ2) is 17.5. The summed E-state index contributed by atoms with van der Waals surface area (Å²) >= 11 is 3.19. The van der Waals surface area contributed by atoms with Crippen molar-refractivity contribution in [3.63, 3.8) is 0 Å². The maximum atomic E-state index is 14.5. The number of aliphatic hydroxyl groups is 2. The number of ether oxygens (including phenoxy) is 4. The number of fused-ring (bicyclic) bond motifs is 14. The van der Waals surface area contributed by atoms with E-state index in [-0.39, 0.29) is 45.1 Å². The molecule has 2 aromatic rings. The predicted molar refractivity (Wildman–Crippen MR) is 219 cm³/mol. The van der Waals surface area contributed by atoms with Gasteiger partial charge in [0.15, 0.2) is 0 Å². The van der Waals surface area contributed by atoms with Crippen LogP contribution in [-0.4, -0.2) is 92.0 Å². The fourth-order valence-electron chi connectivity index (χ4n) is 7.53. The van der Waals surface area contributed by atoms with Gasteiger partial charge in [-0.1, -0.05) is 61.9 Å². The third-order valence-corrected chi connectivity index (χ3v) is 11.5. The largest absolute Gasteiger partial charge is 0.507 e. The van der Waals surface area contributed by atoms with Gasteiger partial charge in [0.2, 0.25) is 5.78 Å². The monoisotopic (exact) mass is 880 g/mol. The van der Waals surface area contributed by atoms with Crippen LogP contribution in [0.3, 0.4) is 0 Å². The van der Waals surface area contributed by atoms with E-state index in [0.29, 0.717) is 4.47 Å². The minimum absolute atomic E-state index is 0.00422. The number of carbonyl (C=O) groups is 4. The number of hydrogen-bond acceptors (Lipinski definition) is 14. The van der Waals surface area contributed by atoms with E-state index in [4.69, 9.17) is 18.9 Å². The number of aromatic hydroxyl groups is 3. The lowest BCUT2D eigenvalue weighted by Gasteiger charge is -2.38. The highest BCUT2D eigenvalue weighted by atomic mass is 79.9. The number of nitrogens with zero attached hydrogens (tertiary/aromatic N) is 1.